The van der Waals surface area contributed by atoms with Crippen molar-refractivity contribution in [3.63, 3.8) is 0 Å². The van der Waals surface area contributed by atoms with Gasteiger partial charge in [0.15, 0.2) is 5.13 Å². The van der Waals surface area contributed by atoms with E-state index >= 15 is 0 Å². The van der Waals surface area contributed by atoms with Gasteiger partial charge in [-0.25, -0.2) is 14.8 Å². The van der Waals surface area contributed by atoms with E-state index in [2.05, 4.69) is 20.6 Å². The van der Waals surface area contributed by atoms with Crippen LogP contribution >= 0.6 is 11.3 Å². The van der Waals surface area contributed by atoms with E-state index in [-0.39, 0.29) is 11.9 Å². The molecular weight excluding hydrogens is 338 g/mol. The number of pyridine rings is 1. The molecule has 1 aliphatic heterocycles. The number of thiazole rings is 1. The van der Waals surface area contributed by atoms with Crippen molar-refractivity contribution in [3.8, 4) is 0 Å². The minimum Gasteiger partial charge on any atom is -0.334 e. The van der Waals surface area contributed by atoms with Crippen LogP contribution < -0.4 is 15.5 Å². The van der Waals surface area contributed by atoms with Crippen LogP contribution in [0.3, 0.4) is 0 Å². The minimum absolute atomic E-state index is 0.102. The maximum Gasteiger partial charge on any atom is 0.321 e. The van der Waals surface area contributed by atoms with Gasteiger partial charge in [-0.2, -0.15) is 0 Å². The molecule has 4 rings (SSSR count). The number of nitrogens with one attached hydrogen (secondary N) is 2. The first-order valence-electron chi connectivity index (χ1n) is 8.44. The summed E-state index contributed by atoms with van der Waals surface area (Å²) in [6.07, 6.45) is 5.49. The zero-order valence-corrected chi connectivity index (χ0v) is 14.5. The smallest absolute Gasteiger partial charge is 0.321 e. The molecule has 1 saturated carbocycles. The number of hydrogen-bond acceptors (Lipinski definition) is 5. The fraction of sp³-hybridized carbons (Fsp3) is 0.412. The van der Waals surface area contributed by atoms with E-state index < -0.39 is 0 Å². The van der Waals surface area contributed by atoms with Crippen LogP contribution in [-0.4, -0.2) is 28.5 Å². The van der Waals surface area contributed by atoms with Crippen LogP contribution in [0.1, 0.15) is 42.9 Å². The summed E-state index contributed by atoms with van der Waals surface area (Å²) in [4.78, 5) is 34.2. The van der Waals surface area contributed by atoms with Crippen LogP contribution in [0.4, 0.5) is 15.7 Å². The maximum atomic E-state index is 12.0. The molecule has 25 heavy (non-hydrogen) atoms. The van der Waals surface area contributed by atoms with E-state index in [0.29, 0.717) is 36.4 Å². The van der Waals surface area contributed by atoms with Gasteiger partial charge in [-0.1, -0.05) is 0 Å². The Morgan fingerprint density at radius 2 is 2.28 bits per heavy atom. The normalized spacial score (nSPS) is 17.0. The van der Waals surface area contributed by atoms with E-state index in [1.807, 2.05) is 17.5 Å². The van der Waals surface area contributed by atoms with E-state index in [0.717, 1.165) is 17.7 Å². The Bertz CT molecular complexity index is 802. The highest BCUT2D eigenvalue weighted by Gasteiger charge is 2.26. The van der Waals surface area contributed by atoms with Crippen molar-refractivity contribution in [1.29, 1.82) is 0 Å². The number of rotatable bonds is 5. The first kappa shape index (κ1) is 16.0. The van der Waals surface area contributed by atoms with Gasteiger partial charge < -0.3 is 5.32 Å². The maximum absolute atomic E-state index is 12.0. The quantitative estimate of drug-likeness (QED) is 0.861. The molecular formula is C17H19N5O2S. The molecule has 0 unspecified atom stereocenters. The zero-order chi connectivity index (χ0) is 17.2. The highest BCUT2D eigenvalue weighted by atomic mass is 32.1. The SMILES string of the molecule is O=C(NCc1ccnc(N2CCCC2=O)c1)Nc1nc(C2CC2)cs1. The summed E-state index contributed by atoms with van der Waals surface area (Å²) >= 11 is 1.45. The molecule has 3 amide bonds. The summed E-state index contributed by atoms with van der Waals surface area (Å²) in [6.45, 7) is 1.07. The number of carbonyl (C=O) groups excluding carboxylic acids is 2. The number of aromatic nitrogens is 2. The molecule has 2 N–H and O–H groups in total. The second-order valence-corrected chi connectivity index (χ2v) is 7.19. The fourth-order valence-electron chi connectivity index (χ4n) is 2.84. The average Bonchev–Trinajstić information content (AvgIpc) is 3.21. The van der Waals surface area contributed by atoms with Crippen molar-refractivity contribution < 1.29 is 9.59 Å². The first-order valence-corrected chi connectivity index (χ1v) is 9.32. The predicted molar refractivity (Wildman–Crippen MR) is 95.8 cm³/mol. The molecule has 0 radical (unpaired) electrons. The number of amides is 3. The lowest BCUT2D eigenvalue weighted by Crippen LogP contribution is -2.28. The number of nitrogens with zero attached hydrogens (tertiary/aromatic N) is 3. The van der Waals surface area contributed by atoms with Gasteiger partial charge in [0.2, 0.25) is 5.91 Å². The van der Waals surface area contributed by atoms with Crippen molar-refractivity contribution in [2.45, 2.75) is 38.1 Å². The molecule has 0 aromatic carbocycles. The molecule has 2 aliphatic rings. The molecule has 7 nitrogen and oxygen atoms in total. The molecule has 130 valence electrons. The first-order chi connectivity index (χ1) is 12.2. The zero-order valence-electron chi connectivity index (χ0n) is 13.7. The Morgan fingerprint density at radius 1 is 1.40 bits per heavy atom. The lowest BCUT2D eigenvalue weighted by molar-refractivity contribution is -0.117. The highest BCUT2D eigenvalue weighted by molar-refractivity contribution is 7.13. The standard InChI is InChI=1S/C17H19N5O2S/c23-15-2-1-7-22(15)14-8-11(5-6-18-14)9-19-16(24)21-17-20-13(10-25-17)12-3-4-12/h5-6,8,10,12H,1-4,7,9H2,(H2,19,20,21,24). The Morgan fingerprint density at radius 3 is 3.04 bits per heavy atom. The molecule has 1 aliphatic carbocycles. The van der Waals surface area contributed by atoms with Gasteiger partial charge in [-0.05, 0) is 37.0 Å². The molecule has 2 aromatic rings. The summed E-state index contributed by atoms with van der Waals surface area (Å²) < 4.78 is 0. The number of anilines is 2. The molecule has 3 heterocycles. The van der Waals surface area contributed by atoms with Gasteiger partial charge in [-0.3, -0.25) is 15.0 Å². The molecule has 2 fully saturated rings. The summed E-state index contributed by atoms with van der Waals surface area (Å²) in [5.74, 6) is 1.33. The van der Waals surface area contributed by atoms with Crippen molar-refractivity contribution >= 4 is 34.2 Å². The summed E-state index contributed by atoms with van der Waals surface area (Å²) in [5.41, 5.74) is 1.98. The summed E-state index contributed by atoms with van der Waals surface area (Å²) in [6, 6.07) is 3.39. The van der Waals surface area contributed by atoms with Crippen molar-refractivity contribution in [1.82, 2.24) is 15.3 Å². The van der Waals surface area contributed by atoms with Gasteiger partial charge in [0.05, 0.1) is 5.69 Å². The Kier molecular flexibility index (Phi) is 4.35. The van der Waals surface area contributed by atoms with Crippen molar-refractivity contribution in [2.75, 3.05) is 16.8 Å². The Hall–Kier alpha value is -2.48. The molecule has 0 bridgehead atoms. The predicted octanol–water partition coefficient (Wildman–Crippen LogP) is 2.86. The van der Waals surface area contributed by atoms with Gasteiger partial charge in [0, 0.05) is 37.0 Å². The van der Waals surface area contributed by atoms with Crippen LogP contribution in [0.5, 0.6) is 0 Å². The molecule has 0 spiro atoms. The van der Waals surface area contributed by atoms with Gasteiger partial charge in [0.25, 0.3) is 0 Å². The average molecular weight is 357 g/mol. The third-order valence-corrected chi connectivity index (χ3v) is 5.13. The van der Waals surface area contributed by atoms with Gasteiger partial charge in [0.1, 0.15) is 5.82 Å². The largest absolute Gasteiger partial charge is 0.334 e. The van der Waals surface area contributed by atoms with Crippen LogP contribution in [-0.2, 0) is 11.3 Å². The lowest BCUT2D eigenvalue weighted by atomic mass is 10.2. The van der Waals surface area contributed by atoms with Gasteiger partial charge >= 0.3 is 6.03 Å². The van der Waals surface area contributed by atoms with E-state index in [1.54, 1.807) is 11.1 Å². The molecule has 8 heteroatoms. The number of hydrogen-bond donors (Lipinski definition) is 2. The van der Waals surface area contributed by atoms with Crippen molar-refractivity contribution in [2.24, 2.45) is 0 Å². The van der Waals surface area contributed by atoms with E-state index in [9.17, 15) is 9.59 Å². The molecule has 2 aromatic heterocycles. The third-order valence-electron chi connectivity index (χ3n) is 4.35. The molecule has 1 saturated heterocycles. The summed E-state index contributed by atoms with van der Waals surface area (Å²) in [5, 5.41) is 8.22. The summed E-state index contributed by atoms with van der Waals surface area (Å²) in [7, 11) is 0. The lowest BCUT2D eigenvalue weighted by Gasteiger charge is -2.15. The molecule has 0 atom stereocenters. The van der Waals surface area contributed by atoms with Crippen molar-refractivity contribution in [3.05, 3.63) is 35.0 Å². The fourth-order valence-corrected chi connectivity index (χ4v) is 3.63. The van der Waals surface area contributed by atoms with E-state index in [1.165, 1.54) is 24.2 Å². The topological polar surface area (TPSA) is 87.2 Å². The second-order valence-electron chi connectivity index (χ2n) is 6.33. The number of urea groups is 1. The van der Waals surface area contributed by atoms with Crippen LogP contribution in [0, 0.1) is 0 Å². The Balaban J connectivity index is 1.32. The van der Waals surface area contributed by atoms with Crippen LogP contribution in [0.15, 0.2) is 23.7 Å². The number of carbonyl (C=O) groups is 2. The van der Waals surface area contributed by atoms with Crippen LogP contribution in [0.25, 0.3) is 0 Å². The Labute approximate surface area is 149 Å². The van der Waals surface area contributed by atoms with Crippen LogP contribution in [0.2, 0.25) is 0 Å². The van der Waals surface area contributed by atoms with Gasteiger partial charge in [-0.15, -0.1) is 11.3 Å². The van der Waals surface area contributed by atoms with E-state index in [4.69, 9.17) is 0 Å². The third kappa shape index (κ3) is 3.79. The second kappa shape index (κ2) is 6.79. The minimum atomic E-state index is -0.285. The highest BCUT2D eigenvalue weighted by Crippen LogP contribution is 2.40. The monoisotopic (exact) mass is 357 g/mol.